The van der Waals surface area contributed by atoms with Gasteiger partial charge in [-0.1, -0.05) is 19.0 Å². The van der Waals surface area contributed by atoms with E-state index in [2.05, 4.69) is 30.8 Å². The minimum Gasteiger partial charge on any atom is -0.409 e. The van der Waals surface area contributed by atoms with Crippen LogP contribution in [0.4, 0.5) is 0 Å². The third kappa shape index (κ3) is 5.07. The molecule has 3 N–H and O–H groups in total. The fourth-order valence-corrected chi connectivity index (χ4v) is 1.46. The number of hydrogen-bond acceptors (Lipinski definition) is 3. The molecule has 0 heterocycles. The SMILES string of the molecule is CCC(C)N(CC)CCC/C(N)=N/O. The first-order valence-corrected chi connectivity index (χ1v) is 5.36. The summed E-state index contributed by atoms with van der Waals surface area (Å²) in [4.78, 5) is 2.41. The van der Waals surface area contributed by atoms with Crippen molar-refractivity contribution in [1.82, 2.24) is 4.90 Å². The molecule has 1 atom stereocenters. The molecule has 0 radical (unpaired) electrons. The molecule has 0 amide bonds. The van der Waals surface area contributed by atoms with E-state index in [1.807, 2.05) is 0 Å². The van der Waals surface area contributed by atoms with Crippen LogP contribution in [0.2, 0.25) is 0 Å². The van der Waals surface area contributed by atoms with Crippen molar-refractivity contribution in [3.05, 3.63) is 0 Å². The third-order valence-electron chi connectivity index (χ3n) is 2.63. The number of nitrogens with two attached hydrogens (primary N) is 1. The first-order valence-electron chi connectivity index (χ1n) is 5.36. The topological polar surface area (TPSA) is 61.8 Å². The monoisotopic (exact) mass is 201 g/mol. The molecule has 4 nitrogen and oxygen atoms in total. The van der Waals surface area contributed by atoms with Gasteiger partial charge in [0.05, 0.1) is 0 Å². The normalized spacial score (nSPS) is 14.7. The zero-order valence-corrected chi connectivity index (χ0v) is 9.53. The number of oxime groups is 1. The van der Waals surface area contributed by atoms with E-state index >= 15 is 0 Å². The summed E-state index contributed by atoms with van der Waals surface area (Å²) in [5.74, 6) is 0.324. The Bertz CT molecular complexity index is 171. The molecule has 0 aromatic rings. The van der Waals surface area contributed by atoms with Gasteiger partial charge in [-0.3, -0.25) is 0 Å². The molecule has 0 aromatic carbocycles. The molecule has 84 valence electrons. The van der Waals surface area contributed by atoms with Crippen LogP contribution in [-0.4, -0.2) is 35.1 Å². The summed E-state index contributed by atoms with van der Waals surface area (Å²) in [6.45, 7) is 8.66. The Labute approximate surface area is 86.8 Å². The smallest absolute Gasteiger partial charge is 0.139 e. The minimum atomic E-state index is 0.324. The van der Waals surface area contributed by atoms with Crippen LogP contribution in [0.5, 0.6) is 0 Å². The largest absolute Gasteiger partial charge is 0.409 e. The standard InChI is InChI=1S/C10H23N3O/c1-4-9(3)13(5-2)8-6-7-10(11)12-14/h9,14H,4-8H2,1-3H3,(H2,11,12). The zero-order chi connectivity index (χ0) is 11.0. The van der Waals surface area contributed by atoms with E-state index in [-0.39, 0.29) is 0 Å². The van der Waals surface area contributed by atoms with Gasteiger partial charge >= 0.3 is 0 Å². The Morgan fingerprint density at radius 3 is 2.57 bits per heavy atom. The first-order chi connectivity index (χ1) is 6.65. The van der Waals surface area contributed by atoms with Gasteiger partial charge in [-0.15, -0.1) is 0 Å². The van der Waals surface area contributed by atoms with Gasteiger partial charge in [-0.2, -0.15) is 0 Å². The second kappa shape index (κ2) is 7.62. The highest BCUT2D eigenvalue weighted by Crippen LogP contribution is 2.04. The summed E-state index contributed by atoms with van der Waals surface area (Å²) in [5, 5.41) is 11.3. The second-order valence-corrected chi connectivity index (χ2v) is 3.58. The van der Waals surface area contributed by atoms with E-state index in [1.54, 1.807) is 0 Å². The van der Waals surface area contributed by atoms with Crippen molar-refractivity contribution >= 4 is 5.84 Å². The number of nitrogens with zero attached hydrogens (tertiary/aromatic N) is 2. The van der Waals surface area contributed by atoms with Crippen LogP contribution in [0.15, 0.2) is 5.16 Å². The fraction of sp³-hybridized carbons (Fsp3) is 0.900. The molecule has 0 bridgehead atoms. The Balaban J connectivity index is 3.73. The maximum atomic E-state index is 8.36. The van der Waals surface area contributed by atoms with Crippen LogP contribution in [0.3, 0.4) is 0 Å². The molecule has 0 saturated heterocycles. The van der Waals surface area contributed by atoms with Gasteiger partial charge in [0.25, 0.3) is 0 Å². The lowest BCUT2D eigenvalue weighted by Gasteiger charge is -2.26. The molecule has 0 saturated carbocycles. The Morgan fingerprint density at radius 1 is 1.50 bits per heavy atom. The lowest BCUT2D eigenvalue weighted by atomic mass is 10.2. The summed E-state index contributed by atoms with van der Waals surface area (Å²) < 4.78 is 0. The molecule has 0 spiro atoms. The summed E-state index contributed by atoms with van der Waals surface area (Å²) in [7, 11) is 0. The van der Waals surface area contributed by atoms with Crippen molar-refractivity contribution < 1.29 is 5.21 Å². The number of rotatable bonds is 7. The Kier molecular flexibility index (Phi) is 7.20. The van der Waals surface area contributed by atoms with E-state index < -0.39 is 0 Å². The average Bonchev–Trinajstić information content (AvgIpc) is 2.22. The van der Waals surface area contributed by atoms with Crippen molar-refractivity contribution in [1.29, 1.82) is 0 Å². The van der Waals surface area contributed by atoms with Gasteiger partial charge in [-0.05, 0) is 32.9 Å². The van der Waals surface area contributed by atoms with E-state index in [0.717, 1.165) is 25.9 Å². The molecule has 0 rings (SSSR count). The summed E-state index contributed by atoms with van der Waals surface area (Å²) in [5.41, 5.74) is 5.39. The summed E-state index contributed by atoms with van der Waals surface area (Å²) in [6, 6.07) is 0.618. The fourth-order valence-electron chi connectivity index (χ4n) is 1.46. The quantitative estimate of drug-likeness (QED) is 0.285. The lowest BCUT2D eigenvalue weighted by Crippen LogP contribution is -2.33. The van der Waals surface area contributed by atoms with Gasteiger partial charge in [0.1, 0.15) is 5.84 Å². The van der Waals surface area contributed by atoms with Crippen LogP contribution in [0, 0.1) is 0 Å². The highest BCUT2D eigenvalue weighted by molar-refractivity contribution is 5.79. The maximum absolute atomic E-state index is 8.36. The molecule has 4 heteroatoms. The predicted octanol–water partition coefficient (Wildman–Crippen LogP) is 1.63. The van der Waals surface area contributed by atoms with Crippen LogP contribution >= 0.6 is 0 Å². The minimum absolute atomic E-state index is 0.324. The van der Waals surface area contributed by atoms with Gasteiger partial charge in [-0.25, -0.2) is 0 Å². The lowest BCUT2D eigenvalue weighted by molar-refractivity contribution is 0.213. The van der Waals surface area contributed by atoms with Gasteiger partial charge in [0.2, 0.25) is 0 Å². The zero-order valence-electron chi connectivity index (χ0n) is 9.53. The van der Waals surface area contributed by atoms with Crippen LogP contribution in [-0.2, 0) is 0 Å². The number of hydrogen-bond donors (Lipinski definition) is 2. The van der Waals surface area contributed by atoms with Crippen LogP contribution < -0.4 is 5.73 Å². The maximum Gasteiger partial charge on any atom is 0.139 e. The highest BCUT2D eigenvalue weighted by atomic mass is 16.4. The molecule has 0 aliphatic heterocycles. The molecular weight excluding hydrogens is 178 g/mol. The van der Waals surface area contributed by atoms with Gasteiger partial charge < -0.3 is 15.8 Å². The average molecular weight is 201 g/mol. The molecule has 0 aliphatic carbocycles. The summed E-state index contributed by atoms with van der Waals surface area (Å²) >= 11 is 0. The van der Waals surface area contributed by atoms with Crippen LogP contribution in [0.25, 0.3) is 0 Å². The molecule has 0 fully saturated rings. The Hall–Kier alpha value is -0.770. The Morgan fingerprint density at radius 2 is 2.14 bits per heavy atom. The van der Waals surface area contributed by atoms with E-state index in [4.69, 9.17) is 10.9 Å². The van der Waals surface area contributed by atoms with E-state index in [1.165, 1.54) is 0 Å². The second-order valence-electron chi connectivity index (χ2n) is 3.58. The number of amidine groups is 1. The summed E-state index contributed by atoms with van der Waals surface area (Å²) in [6.07, 6.45) is 2.79. The predicted molar refractivity (Wildman–Crippen MR) is 59.6 cm³/mol. The van der Waals surface area contributed by atoms with Crippen molar-refractivity contribution in [3.8, 4) is 0 Å². The third-order valence-corrected chi connectivity index (χ3v) is 2.63. The van der Waals surface area contributed by atoms with Crippen molar-refractivity contribution in [2.45, 2.75) is 46.1 Å². The highest BCUT2D eigenvalue weighted by Gasteiger charge is 2.09. The van der Waals surface area contributed by atoms with Crippen LogP contribution in [0.1, 0.15) is 40.0 Å². The molecule has 14 heavy (non-hydrogen) atoms. The van der Waals surface area contributed by atoms with Crippen molar-refractivity contribution in [2.75, 3.05) is 13.1 Å². The van der Waals surface area contributed by atoms with E-state index in [9.17, 15) is 0 Å². The molecule has 0 aliphatic rings. The van der Waals surface area contributed by atoms with Gasteiger partial charge in [0.15, 0.2) is 0 Å². The van der Waals surface area contributed by atoms with E-state index in [0.29, 0.717) is 18.3 Å². The molecular formula is C10H23N3O. The van der Waals surface area contributed by atoms with Gasteiger partial charge in [0, 0.05) is 12.5 Å². The van der Waals surface area contributed by atoms with Crippen molar-refractivity contribution in [2.24, 2.45) is 10.9 Å². The molecule has 1 unspecified atom stereocenters. The first kappa shape index (κ1) is 13.2. The van der Waals surface area contributed by atoms with Crippen molar-refractivity contribution in [3.63, 3.8) is 0 Å². The molecule has 0 aromatic heterocycles.